The molecule has 0 aliphatic carbocycles. The lowest BCUT2D eigenvalue weighted by Gasteiger charge is -2.44. The first-order valence-corrected chi connectivity index (χ1v) is 12.3. The molecule has 196 valence electrons. The first kappa shape index (κ1) is 25.1. The zero-order valence-electron chi connectivity index (χ0n) is 21.0. The summed E-state index contributed by atoms with van der Waals surface area (Å²) in [6.07, 6.45) is -1.50. The third kappa shape index (κ3) is 4.53. The first-order chi connectivity index (χ1) is 17.6. The van der Waals surface area contributed by atoms with Crippen LogP contribution in [0.15, 0.2) is 48.7 Å². The number of para-hydroxylation sites is 1. The fourth-order valence-corrected chi connectivity index (χ4v) is 5.64. The monoisotopic (exact) mass is 515 g/mol. The van der Waals surface area contributed by atoms with Gasteiger partial charge in [-0.25, -0.2) is 9.18 Å². The van der Waals surface area contributed by atoms with Crippen molar-refractivity contribution < 1.29 is 22.4 Å². The molecule has 2 aromatic carbocycles. The zero-order valence-corrected chi connectivity index (χ0v) is 21.0. The van der Waals surface area contributed by atoms with Gasteiger partial charge in [0.05, 0.1) is 23.8 Å². The lowest BCUT2D eigenvalue weighted by Crippen LogP contribution is -2.55. The number of anilines is 2. The summed E-state index contributed by atoms with van der Waals surface area (Å²) in [5.74, 6) is 0.114. The predicted octanol–water partition coefficient (Wildman–Crippen LogP) is 6.06. The van der Waals surface area contributed by atoms with Crippen LogP contribution in [0.1, 0.15) is 48.1 Å². The van der Waals surface area contributed by atoms with E-state index in [1.165, 1.54) is 23.1 Å². The molecule has 10 heteroatoms. The van der Waals surface area contributed by atoms with Crippen LogP contribution in [0.4, 0.5) is 33.9 Å². The van der Waals surface area contributed by atoms with Gasteiger partial charge < -0.3 is 9.80 Å². The highest BCUT2D eigenvalue weighted by molar-refractivity contribution is 5.94. The minimum atomic E-state index is -4.55. The largest absolute Gasteiger partial charge is 0.416 e. The molecule has 1 saturated heterocycles. The topological polar surface area (TPSA) is 44.6 Å². The Labute approximate surface area is 213 Å². The molecule has 1 unspecified atom stereocenters. The predicted molar refractivity (Wildman–Crippen MR) is 133 cm³/mol. The van der Waals surface area contributed by atoms with E-state index in [-0.39, 0.29) is 23.5 Å². The molecule has 1 aromatic heterocycles. The SMILES string of the molecule is Cc1cccc(F)c1N1CCC(N2Cc3cn(C)nc3N(C(C)c3ccccc3C(F)(F)F)C2=O)CC1. The second kappa shape index (κ2) is 9.39. The highest BCUT2D eigenvalue weighted by Gasteiger charge is 2.42. The van der Waals surface area contributed by atoms with Crippen LogP contribution >= 0.6 is 0 Å². The van der Waals surface area contributed by atoms with E-state index in [1.807, 2.05) is 24.1 Å². The minimum Gasteiger partial charge on any atom is -0.369 e. The van der Waals surface area contributed by atoms with Crippen molar-refractivity contribution in [1.29, 1.82) is 0 Å². The number of fused-ring (bicyclic) bond motifs is 1. The van der Waals surface area contributed by atoms with Gasteiger partial charge in [0.1, 0.15) is 5.82 Å². The maximum absolute atomic E-state index is 14.5. The van der Waals surface area contributed by atoms with Crippen molar-refractivity contribution >= 4 is 17.5 Å². The van der Waals surface area contributed by atoms with Gasteiger partial charge in [-0.05, 0) is 49.9 Å². The molecule has 1 fully saturated rings. The molecule has 2 aliphatic heterocycles. The molecule has 2 aliphatic rings. The highest BCUT2D eigenvalue weighted by atomic mass is 19.4. The number of aryl methyl sites for hydroxylation is 2. The summed E-state index contributed by atoms with van der Waals surface area (Å²) in [4.78, 5) is 19.0. The summed E-state index contributed by atoms with van der Waals surface area (Å²) in [6, 6.07) is 8.98. The van der Waals surface area contributed by atoms with Crippen molar-refractivity contribution in [2.45, 2.75) is 51.5 Å². The Bertz CT molecular complexity index is 1290. The molecule has 0 spiro atoms. The zero-order chi connectivity index (χ0) is 26.5. The number of hydrogen-bond acceptors (Lipinski definition) is 3. The molecule has 0 N–H and O–H groups in total. The standard InChI is InChI=1S/C27H29F4N5O/c1-17-7-6-10-23(28)24(17)34-13-11-20(12-14-34)35-16-19-15-33(3)32-25(19)36(26(35)37)18(2)21-8-4-5-9-22(21)27(29,30)31/h4-10,15,18,20H,11-14,16H2,1-3H3. The molecule has 3 aromatic rings. The second-order valence-corrected chi connectivity index (χ2v) is 9.82. The number of aromatic nitrogens is 2. The van der Waals surface area contributed by atoms with Gasteiger partial charge in [-0.1, -0.05) is 30.3 Å². The van der Waals surface area contributed by atoms with E-state index in [9.17, 15) is 22.4 Å². The Morgan fingerprint density at radius 2 is 1.76 bits per heavy atom. The summed E-state index contributed by atoms with van der Waals surface area (Å²) in [6.45, 7) is 4.95. The quantitative estimate of drug-likeness (QED) is 0.397. The van der Waals surface area contributed by atoms with Gasteiger partial charge in [-0.15, -0.1) is 0 Å². The van der Waals surface area contributed by atoms with Gasteiger partial charge in [-0.2, -0.15) is 18.3 Å². The van der Waals surface area contributed by atoms with Crippen molar-refractivity contribution in [2.24, 2.45) is 7.05 Å². The number of urea groups is 1. The minimum absolute atomic E-state index is 0.0200. The molecule has 0 saturated carbocycles. The molecule has 0 bridgehead atoms. The number of carbonyl (C=O) groups excluding carboxylic acids is 1. The van der Waals surface area contributed by atoms with E-state index in [0.717, 1.165) is 17.2 Å². The Hall–Kier alpha value is -3.56. The van der Waals surface area contributed by atoms with Gasteiger partial charge in [0, 0.05) is 37.9 Å². The Morgan fingerprint density at radius 3 is 2.43 bits per heavy atom. The molecule has 2 amide bonds. The Balaban J connectivity index is 1.43. The van der Waals surface area contributed by atoms with Gasteiger partial charge in [0.25, 0.3) is 0 Å². The van der Waals surface area contributed by atoms with Crippen molar-refractivity contribution in [2.75, 3.05) is 22.9 Å². The summed E-state index contributed by atoms with van der Waals surface area (Å²) < 4.78 is 57.5. The maximum atomic E-state index is 14.5. The van der Waals surface area contributed by atoms with Crippen molar-refractivity contribution in [1.82, 2.24) is 14.7 Å². The van der Waals surface area contributed by atoms with Crippen LogP contribution in [0, 0.1) is 12.7 Å². The van der Waals surface area contributed by atoms with Gasteiger partial charge in [-0.3, -0.25) is 9.58 Å². The van der Waals surface area contributed by atoms with Crippen LogP contribution in [-0.4, -0.2) is 39.8 Å². The number of halogens is 4. The molecule has 6 nitrogen and oxygen atoms in total. The van der Waals surface area contributed by atoms with E-state index >= 15 is 0 Å². The third-order valence-electron chi connectivity index (χ3n) is 7.42. The average molecular weight is 516 g/mol. The lowest BCUT2D eigenvalue weighted by atomic mass is 9.97. The second-order valence-electron chi connectivity index (χ2n) is 9.82. The fourth-order valence-electron chi connectivity index (χ4n) is 5.64. The average Bonchev–Trinajstić information content (AvgIpc) is 3.23. The normalized spacial score (nSPS) is 17.8. The summed E-state index contributed by atoms with van der Waals surface area (Å²) in [5.41, 5.74) is 1.48. The Kier molecular flexibility index (Phi) is 6.37. The number of hydrogen-bond donors (Lipinski definition) is 0. The number of piperidine rings is 1. The molecule has 3 heterocycles. The van der Waals surface area contributed by atoms with Crippen LogP contribution in [-0.2, 0) is 19.8 Å². The van der Waals surface area contributed by atoms with Crippen LogP contribution < -0.4 is 9.80 Å². The van der Waals surface area contributed by atoms with Crippen LogP contribution in [0.5, 0.6) is 0 Å². The number of nitrogens with zero attached hydrogens (tertiary/aromatic N) is 5. The number of benzene rings is 2. The molecular weight excluding hydrogens is 486 g/mol. The van der Waals surface area contributed by atoms with Crippen molar-refractivity contribution in [3.63, 3.8) is 0 Å². The number of rotatable bonds is 4. The van der Waals surface area contributed by atoms with E-state index in [2.05, 4.69) is 5.10 Å². The molecule has 5 rings (SSSR count). The molecule has 37 heavy (non-hydrogen) atoms. The number of amides is 2. The van der Waals surface area contributed by atoms with E-state index in [0.29, 0.717) is 44.0 Å². The molecule has 1 atom stereocenters. The fraction of sp³-hybridized carbons (Fsp3) is 0.407. The third-order valence-corrected chi connectivity index (χ3v) is 7.42. The van der Waals surface area contributed by atoms with Crippen molar-refractivity contribution in [3.8, 4) is 0 Å². The first-order valence-electron chi connectivity index (χ1n) is 12.3. The van der Waals surface area contributed by atoms with E-state index < -0.39 is 17.8 Å². The van der Waals surface area contributed by atoms with Crippen LogP contribution in [0.25, 0.3) is 0 Å². The van der Waals surface area contributed by atoms with Gasteiger partial charge in [0.2, 0.25) is 0 Å². The summed E-state index contributed by atoms with van der Waals surface area (Å²) >= 11 is 0. The van der Waals surface area contributed by atoms with E-state index in [1.54, 1.807) is 35.7 Å². The van der Waals surface area contributed by atoms with E-state index in [4.69, 9.17) is 0 Å². The van der Waals surface area contributed by atoms with Gasteiger partial charge in [0.15, 0.2) is 5.82 Å². The maximum Gasteiger partial charge on any atom is 0.416 e. The van der Waals surface area contributed by atoms with Crippen LogP contribution in [0.3, 0.4) is 0 Å². The summed E-state index contributed by atoms with van der Waals surface area (Å²) in [7, 11) is 1.73. The van der Waals surface area contributed by atoms with Gasteiger partial charge >= 0.3 is 12.2 Å². The number of alkyl halides is 3. The Morgan fingerprint density at radius 1 is 1.05 bits per heavy atom. The summed E-state index contributed by atoms with van der Waals surface area (Å²) in [5, 5.41) is 4.44. The van der Waals surface area contributed by atoms with Crippen molar-refractivity contribution in [3.05, 3.63) is 76.7 Å². The number of carbonyl (C=O) groups is 1. The lowest BCUT2D eigenvalue weighted by molar-refractivity contribution is -0.138. The smallest absolute Gasteiger partial charge is 0.369 e. The molecular formula is C27H29F4N5O. The molecule has 0 radical (unpaired) electrons. The van der Waals surface area contributed by atoms with Crippen LogP contribution in [0.2, 0.25) is 0 Å². The highest BCUT2D eigenvalue weighted by Crippen LogP contribution is 2.41.